The van der Waals surface area contributed by atoms with Gasteiger partial charge in [0.05, 0.1) is 19.3 Å². The van der Waals surface area contributed by atoms with E-state index in [1.54, 1.807) is 24.3 Å². The number of carbonyl (C=O) groups excluding carboxylic acids is 2. The van der Waals surface area contributed by atoms with Crippen molar-refractivity contribution in [3.8, 4) is 5.75 Å². The minimum atomic E-state index is -0.175. The van der Waals surface area contributed by atoms with Gasteiger partial charge in [0.2, 0.25) is 5.91 Å². The second-order valence-corrected chi connectivity index (χ2v) is 7.20. The van der Waals surface area contributed by atoms with Gasteiger partial charge in [0.15, 0.2) is 0 Å². The molecule has 160 valence electrons. The number of rotatable bonds is 10. The first kappa shape index (κ1) is 21.6. The van der Waals surface area contributed by atoms with Crippen molar-refractivity contribution in [3.05, 3.63) is 54.1 Å². The molecule has 2 aromatic rings. The van der Waals surface area contributed by atoms with E-state index in [0.717, 1.165) is 37.3 Å². The van der Waals surface area contributed by atoms with Crippen LogP contribution in [-0.2, 0) is 9.53 Å². The molecule has 0 saturated carbocycles. The van der Waals surface area contributed by atoms with E-state index in [9.17, 15) is 9.59 Å². The van der Waals surface area contributed by atoms with Gasteiger partial charge in [-0.2, -0.15) is 0 Å². The number of nitrogens with one attached hydrogen (secondary N) is 3. The Labute approximate surface area is 177 Å². The highest BCUT2D eigenvalue weighted by molar-refractivity contribution is 5.96. The molecule has 0 aliphatic carbocycles. The standard InChI is InChI=1S/C23H29N3O4/c1-2-12-29-20-6-3-5-19(14-20)24-16-22(27)26-18-10-8-17(9-11-18)23(28)25-15-21-7-4-13-30-21/h3,5-6,8-11,14,21,24H,2,4,7,12-13,15-16H2,1H3,(H,25,28)(H,26,27). The van der Waals surface area contributed by atoms with Crippen LogP contribution in [0.4, 0.5) is 11.4 Å². The van der Waals surface area contributed by atoms with Gasteiger partial charge in [0.25, 0.3) is 5.91 Å². The highest BCUT2D eigenvalue weighted by Crippen LogP contribution is 2.17. The lowest BCUT2D eigenvalue weighted by Crippen LogP contribution is -2.31. The summed E-state index contributed by atoms with van der Waals surface area (Å²) in [6.07, 6.45) is 3.08. The summed E-state index contributed by atoms with van der Waals surface area (Å²) in [6.45, 7) is 4.12. The molecule has 1 fully saturated rings. The first-order chi connectivity index (χ1) is 14.6. The Balaban J connectivity index is 1.43. The molecule has 1 aliphatic heterocycles. The molecule has 0 spiro atoms. The number of amides is 2. The first-order valence-corrected chi connectivity index (χ1v) is 10.4. The van der Waals surface area contributed by atoms with Crippen LogP contribution < -0.4 is 20.7 Å². The molecule has 0 radical (unpaired) electrons. The molecule has 2 amide bonds. The van der Waals surface area contributed by atoms with Crippen LogP contribution in [0.5, 0.6) is 5.75 Å². The van der Waals surface area contributed by atoms with E-state index < -0.39 is 0 Å². The van der Waals surface area contributed by atoms with Crippen molar-refractivity contribution in [3.63, 3.8) is 0 Å². The Morgan fingerprint density at radius 2 is 1.97 bits per heavy atom. The van der Waals surface area contributed by atoms with Crippen molar-refractivity contribution in [2.45, 2.75) is 32.3 Å². The van der Waals surface area contributed by atoms with Crippen LogP contribution in [0.2, 0.25) is 0 Å². The molecule has 1 saturated heterocycles. The number of ether oxygens (including phenoxy) is 2. The topological polar surface area (TPSA) is 88.7 Å². The summed E-state index contributed by atoms with van der Waals surface area (Å²) in [5.74, 6) is 0.455. The SMILES string of the molecule is CCCOc1cccc(NCC(=O)Nc2ccc(C(=O)NCC3CCCO3)cc2)c1. The molecule has 3 N–H and O–H groups in total. The molecule has 1 unspecified atom stereocenters. The Kier molecular flexibility index (Phi) is 8.09. The van der Waals surface area contributed by atoms with E-state index >= 15 is 0 Å². The number of hydrogen-bond acceptors (Lipinski definition) is 5. The summed E-state index contributed by atoms with van der Waals surface area (Å²) in [7, 11) is 0. The number of benzene rings is 2. The maximum atomic E-state index is 12.2. The zero-order valence-electron chi connectivity index (χ0n) is 17.3. The fourth-order valence-corrected chi connectivity index (χ4v) is 3.12. The Bertz CT molecular complexity index is 833. The molecule has 7 nitrogen and oxygen atoms in total. The van der Waals surface area contributed by atoms with Crippen LogP contribution in [0, 0.1) is 0 Å². The van der Waals surface area contributed by atoms with Crippen LogP contribution in [0.1, 0.15) is 36.5 Å². The average molecular weight is 412 g/mol. The van der Waals surface area contributed by atoms with Gasteiger partial charge in [0, 0.05) is 36.2 Å². The molecule has 2 aromatic carbocycles. The van der Waals surface area contributed by atoms with E-state index in [2.05, 4.69) is 22.9 Å². The zero-order valence-corrected chi connectivity index (χ0v) is 17.3. The van der Waals surface area contributed by atoms with Crippen molar-refractivity contribution in [1.82, 2.24) is 5.32 Å². The van der Waals surface area contributed by atoms with Crippen LogP contribution in [0.15, 0.2) is 48.5 Å². The summed E-state index contributed by atoms with van der Waals surface area (Å²) >= 11 is 0. The third-order valence-electron chi connectivity index (χ3n) is 4.71. The third kappa shape index (κ3) is 6.77. The first-order valence-electron chi connectivity index (χ1n) is 10.4. The fraction of sp³-hybridized carbons (Fsp3) is 0.391. The van der Waals surface area contributed by atoms with Gasteiger partial charge < -0.3 is 25.4 Å². The van der Waals surface area contributed by atoms with E-state index in [1.807, 2.05) is 24.3 Å². The van der Waals surface area contributed by atoms with Crippen molar-refractivity contribution >= 4 is 23.2 Å². The van der Waals surface area contributed by atoms with Crippen LogP contribution in [0.3, 0.4) is 0 Å². The maximum Gasteiger partial charge on any atom is 0.251 e. The predicted molar refractivity (Wildman–Crippen MR) is 117 cm³/mol. The van der Waals surface area contributed by atoms with Gasteiger partial charge >= 0.3 is 0 Å². The average Bonchev–Trinajstić information content (AvgIpc) is 3.29. The monoisotopic (exact) mass is 411 g/mol. The van der Waals surface area contributed by atoms with Crippen molar-refractivity contribution in [2.75, 3.05) is 36.9 Å². The molecular formula is C23H29N3O4. The van der Waals surface area contributed by atoms with Gasteiger partial charge in [-0.1, -0.05) is 13.0 Å². The zero-order chi connectivity index (χ0) is 21.2. The molecule has 30 heavy (non-hydrogen) atoms. The summed E-state index contributed by atoms with van der Waals surface area (Å²) in [5, 5.41) is 8.79. The largest absolute Gasteiger partial charge is 0.494 e. The second-order valence-electron chi connectivity index (χ2n) is 7.20. The molecule has 1 atom stereocenters. The van der Waals surface area contributed by atoms with Crippen molar-refractivity contribution in [1.29, 1.82) is 0 Å². The summed E-state index contributed by atoms with van der Waals surface area (Å²) in [6, 6.07) is 14.4. The van der Waals surface area contributed by atoms with E-state index in [4.69, 9.17) is 9.47 Å². The molecular weight excluding hydrogens is 382 g/mol. The molecule has 7 heteroatoms. The summed E-state index contributed by atoms with van der Waals surface area (Å²) in [5.41, 5.74) is 2.00. The van der Waals surface area contributed by atoms with Crippen LogP contribution in [-0.4, -0.2) is 44.2 Å². The van der Waals surface area contributed by atoms with Crippen molar-refractivity contribution < 1.29 is 19.1 Å². The number of carbonyl (C=O) groups is 2. The lowest BCUT2D eigenvalue weighted by molar-refractivity contribution is -0.114. The normalized spacial score (nSPS) is 15.4. The smallest absolute Gasteiger partial charge is 0.251 e. The Morgan fingerprint density at radius 1 is 1.13 bits per heavy atom. The summed E-state index contributed by atoms with van der Waals surface area (Å²) in [4.78, 5) is 24.4. The van der Waals surface area contributed by atoms with Gasteiger partial charge in [-0.15, -0.1) is 0 Å². The lowest BCUT2D eigenvalue weighted by Gasteiger charge is -2.12. The number of hydrogen-bond donors (Lipinski definition) is 3. The van der Waals surface area contributed by atoms with Gasteiger partial charge in [-0.05, 0) is 55.7 Å². The van der Waals surface area contributed by atoms with E-state index in [1.165, 1.54) is 0 Å². The molecule has 1 aliphatic rings. The fourth-order valence-electron chi connectivity index (χ4n) is 3.12. The minimum Gasteiger partial charge on any atom is -0.494 e. The van der Waals surface area contributed by atoms with Gasteiger partial charge in [-0.3, -0.25) is 9.59 Å². The highest BCUT2D eigenvalue weighted by atomic mass is 16.5. The third-order valence-corrected chi connectivity index (χ3v) is 4.71. The van der Waals surface area contributed by atoms with Gasteiger partial charge in [0.1, 0.15) is 5.75 Å². The Morgan fingerprint density at radius 3 is 2.70 bits per heavy atom. The van der Waals surface area contributed by atoms with Crippen molar-refractivity contribution in [2.24, 2.45) is 0 Å². The maximum absolute atomic E-state index is 12.2. The van der Waals surface area contributed by atoms with E-state index in [0.29, 0.717) is 24.4 Å². The lowest BCUT2D eigenvalue weighted by atomic mass is 10.2. The predicted octanol–water partition coefficient (Wildman–Crippen LogP) is 3.43. The summed E-state index contributed by atoms with van der Waals surface area (Å²) < 4.78 is 11.1. The Hall–Kier alpha value is -3.06. The molecule has 1 heterocycles. The molecule has 3 rings (SSSR count). The van der Waals surface area contributed by atoms with E-state index in [-0.39, 0.29) is 24.5 Å². The van der Waals surface area contributed by atoms with Crippen LogP contribution >= 0.6 is 0 Å². The van der Waals surface area contributed by atoms with Crippen LogP contribution in [0.25, 0.3) is 0 Å². The molecule has 0 aromatic heterocycles. The number of anilines is 2. The highest BCUT2D eigenvalue weighted by Gasteiger charge is 2.16. The van der Waals surface area contributed by atoms with Gasteiger partial charge in [-0.25, -0.2) is 0 Å². The minimum absolute atomic E-state index is 0.110. The quantitative estimate of drug-likeness (QED) is 0.557. The second kappa shape index (κ2) is 11.2. The molecule has 0 bridgehead atoms.